The van der Waals surface area contributed by atoms with Gasteiger partial charge in [0.25, 0.3) is 5.91 Å². The highest BCUT2D eigenvalue weighted by Gasteiger charge is 2.40. The lowest BCUT2D eigenvalue weighted by Gasteiger charge is -2.37. The molecule has 2 aliphatic heterocycles. The third-order valence-electron chi connectivity index (χ3n) is 5.50. The largest absolute Gasteiger partial charge is 0.347 e. The lowest BCUT2D eigenvalue weighted by molar-refractivity contribution is -0.181. The summed E-state index contributed by atoms with van der Waals surface area (Å²) in [6.07, 6.45) is 8.13. The summed E-state index contributed by atoms with van der Waals surface area (Å²) < 4.78 is 11.5. The molecule has 4 heteroatoms. The number of ether oxygens (including phenoxy) is 2. The molecule has 4 nitrogen and oxygen atoms in total. The van der Waals surface area contributed by atoms with Gasteiger partial charge in [-0.05, 0) is 41.0 Å². The van der Waals surface area contributed by atoms with Gasteiger partial charge in [-0.2, -0.15) is 0 Å². The number of rotatable bonds is 4. The van der Waals surface area contributed by atoms with Gasteiger partial charge in [-0.25, -0.2) is 0 Å². The standard InChI is InChI=1S/C23H27NO3/c1-2-3-4-5-18-6-7-20-17-21(9-8-19(20)16-18)22(25)24-12-10-23(11-13-24)26-14-15-27-23/h4-9,16-17H,2-3,10-15H2,1H3/b5-4+. The Morgan fingerprint density at radius 2 is 1.78 bits per heavy atom. The van der Waals surface area contributed by atoms with E-state index in [1.54, 1.807) is 0 Å². The van der Waals surface area contributed by atoms with Gasteiger partial charge in [0.05, 0.1) is 13.2 Å². The van der Waals surface area contributed by atoms with Crippen LogP contribution in [0.2, 0.25) is 0 Å². The van der Waals surface area contributed by atoms with Crippen LogP contribution in [0.1, 0.15) is 48.5 Å². The Morgan fingerprint density at radius 3 is 2.52 bits per heavy atom. The molecule has 0 aliphatic carbocycles. The molecule has 27 heavy (non-hydrogen) atoms. The van der Waals surface area contributed by atoms with Crippen LogP contribution in [0.3, 0.4) is 0 Å². The average molecular weight is 365 g/mol. The van der Waals surface area contributed by atoms with Crippen LogP contribution in [0.4, 0.5) is 0 Å². The molecule has 1 amide bonds. The van der Waals surface area contributed by atoms with E-state index in [9.17, 15) is 4.79 Å². The molecular formula is C23H27NO3. The number of likely N-dealkylation sites (tertiary alicyclic amines) is 1. The number of unbranched alkanes of at least 4 members (excludes halogenated alkanes) is 1. The highest BCUT2D eigenvalue weighted by molar-refractivity contribution is 5.99. The van der Waals surface area contributed by atoms with Crippen molar-refractivity contribution in [2.24, 2.45) is 0 Å². The third-order valence-corrected chi connectivity index (χ3v) is 5.50. The number of benzene rings is 2. The Balaban J connectivity index is 1.47. The van der Waals surface area contributed by atoms with E-state index in [0.717, 1.165) is 42.0 Å². The molecule has 0 radical (unpaired) electrons. The molecule has 142 valence electrons. The quantitative estimate of drug-likeness (QED) is 0.793. The van der Waals surface area contributed by atoms with E-state index in [2.05, 4.69) is 37.3 Å². The van der Waals surface area contributed by atoms with Crippen molar-refractivity contribution in [3.63, 3.8) is 0 Å². The molecule has 1 spiro atoms. The normalized spacial score (nSPS) is 19.4. The minimum absolute atomic E-state index is 0.0941. The van der Waals surface area contributed by atoms with Crippen molar-refractivity contribution >= 4 is 22.8 Å². The first kappa shape index (κ1) is 18.2. The van der Waals surface area contributed by atoms with Crippen LogP contribution in [-0.4, -0.2) is 42.9 Å². The van der Waals surface area contributed by atoms with Crippen LogP contribution in [-0.2, 0) is 9.47 Å². The number of carbonyl (C=O) groups is 1. The molecule has 4 rings (SSSR count). The van der Waals surface area contributed by atoms with Crippen molar-refractivity contribution < 1.29 is 14.3 Å². The molecule has 0 aromatic heterocycles. The van der Waals surface area contributed by atoms with Crippen molar-refractivity contribution in [3.8, 4) is 0 Å². The Labute approximate surface area is 160 Å². The molecule has 0 atom stereocenters. The van der Waals surface area contributed by atoms with Crippen LogP contribution in [0.15, 0.2) is 42.5 Å². The maximum absolute atomic E-state index is 12.9. The van der Waals surface area contributed by atoms with Gasteiger partial charge >= 0.3 is 0 Å². The van der Waals surface area contributed by atoms with Crippen molar-refractivity contribution in [1.82, 2.24) is 4.90 Å². The maximum Gasteiger partial charge on any atom is 0.253 e. The monoisotopic (exact) mass is 365 g/mol. The number of amides is 1. The van der Waals surface area contributed by atoms with E-state index in [1.165, 1.54) is 5.56 Å². The minimum atomic E-state index is -0.443. The number of fused-ring (bicyclic) bond motifs is 1. The van der Waals surface area contributed by atoms with E-state index in [4.69, 9.17) is 9.47 Å². The second kappa shape index (κ2) is 7.83. The smallest absolute Gasteiger partial charge is 0.253 e. The Kier molecular flexibility index (Phi) is 5.28. The first-order chi connectivity index (χ1) is 13.2. The van der Waals surface area contributed by atoms with Crippen LogP contribution < -0.4 is 0 Å². The molecule has 0 N–H and O–H groups in total. The number of carbonyl (C=O) groups excluding carboxylic acids is 1. The lowest BCUT2D eigenvalue weighted by Crippen LogP contribution is -2.47. The molecule has 0 unspecified atom stereocenters. The molecule has 2 heterocycles. The molecule has 2 aliphatic rings. The summed E-state index contributed by atoms with van der Waals surface area (Å²) in [7, 11) is 0. The molecule has 2 fully saturated rings. The molecule has 0 bridgehead atoms. The fourth-order valence-electron chi connectivity index (χ4n) is 3.91. The Morgan fingerprint density at radius 1 is 1.07 bits per heavy atom. The number of hydrogen-bond donors (Lipinski definition) is 0. The Hall–Kier alpha value is -2.17. The first-order valence-corrected chi connectivity index (χ1v) is 9.97. The third kappa shape index (κ3) is 3.92. The van der Waals surface area contributed by atoms with Crippen molar-refractivity contribution in [3.05, 3.63) is 53.6 Å². The van der Waals surface area contributed by atoms with Gasteiger partial charge in [-0.3, -0.25) is 4.79 Å². The molecule has 2 saturated heterocycles. The van der Waals surface area contributed by atoms with Crippen molar-refractivity contribution in [2.75, 3.05) is 26.3 Å². The maximum atomic E-state index is 12.9. The van der Waals surface area contributed by atoms with E-state index >= 15 is 0 Å². The van der Waals surface area contributed by atoms with E-state index in [-0.39, 0.29) is 5.91 Å². The van der Waals surface area contributed by atoms with Gasteiger partial charge in [0.15, 0.2) is 5.79 Å². The van der Waals surface area contributed by atoms with Gasteiger partial charge in [0, 0.05) is 31.5 Å². The van der Waals surface area contributed by atoms with E-state index < -0.39 is 5.79 Å². The number of nitrogens with zero attached hydrogens (tertiary/aromatic N) is 1. The van der Waals surface area contributed by atoms with Gasteiger partial charge in [0.1, 0.15) is 0 Å². The van der Waals surface area contributed by atoms with Crippen molar-refractivity contribution in [1.29, 1.82) is 0 Å². The summed E-state index contributed by atoms with van der Waals surface area (Å²) in [5.74, 6) is -0.348. The minimum Gasteiger partial charge on any atom is -0.347 e. The molecular weight excluding hydrogens is 338 g/mol. The van der Waals surface area contributed by atoms with E-state index in [0.29, 0.717) is 26.3 Å². The summed E-state index contributed by atoms with van der Waals surface area (Å²) in [4.78, 5) is 14.8. The SMILES string of the molecule is CCC/C=C/c1ccc2cc(C(=O)N3CCC4(CC3)OCCO4)ccc2c1. The van der Waals surface area contributed by atoms with Crippen LogP contribution in [0.5, 0.6) is 0 Å². The highest BCUT2D eigenvalue weighted by atomic mass is 16.7. The first-order valence-electron chi connectivity index (χ1n) is 9.97. The average Bonchev–Trinajstić information content (AvgIpc) is 3.16. The van der Waals surface area contributed by atoms with Gasteiger partial charge in [-0.15, -0.1) is 0 Å². The molecule has 2 aromatic rings. The fourth-order valence-corrected chi connectivity index (χ4v) is 3.91. The second-order valence-corrected chi connectivity index (χ2v) is 7.41. The summed E-state index contributed by atoms with van der Waals surface area (Å²) in [6, 6.07) is 12.4. The van der Waals surface area contributed by atoms with Crippen LogP contribution >= 0.6 is 0 Å². The summed E-state index contributed by atoms with van der Waals surface area (Å²) in [6.45, 7) is 4.86. The lowest BCUT2D eigenvalue weighted by atomic mass is 10.0. The number of piperidine rings is 1. The predicted molar refractivity (Wildman–Crippen MR) is 108 cm³/mol. The summed E-state index contributed by atoms with van der Waals surface area (Å²) >= 11 is 0. The zero-order chi connectivity index (χ0) is 18.7. The Bertz CT molecular complexity index is 842. The predicted octanol–water partition coefficient (Wildman–Crippen LogP) is 4.63. The molecule has 0 saturated carbocycles. The second-order valence-electron chi connectivity index (χ2n) is 7.41. The topological polar surface area (TPSA) is 38.8 Å². The fraction of sp³-hybridized carbons (Fsp3) is 0.435. The number of allylic oxidation sites excluding steroid dienone is 1. The van der Waals surface area contributed by atoms with Gasteiger partial charge in [0.2, 0.25) is 0 Å². The summed E-state index contributed by atoms with van der Waals surface area (Å²) in [5.41, 5.74) is 1.95. The van der Waals surface area contributed by atoms with Crippen LogP contribution in [0.25, 0.3) is 16.8 Å². The van der Waals surface area contributed by atoms with Crippen LogP contribution in [0, 0.1) is 0 Å². The zero-order valence-electron chi connectivity index (χ0n) is 15.9. The van der Waals surface area contributed by atoms with Gasteiger partial charge in [-0.1, -0.05) is 43.7 Å². The van der Waals surface area contributed by atoms with Gasteiger partial charge < -0.3 is 14.4 Å². The zero-order valence-corrected chi connectivity index (χ0v) is 15.9. The summed E-state index contributed by atoms with van der Waals surface area (Å²) in [5, 5.41) is 2.26. The highest BCUT2D eigenvalue weighted by Crippen LogP contribution is 2.32. The number of hydrogen-bond acceptors (Lipinski definition) is 3. The molecule has 2 aromatic carbocycles. The van der Waals surface area contributed by atoms with Crippen molar-refractivity contribution in [2.45, 2.75) is 38.4 Å². The van der Waals surface area contributed by atoms with E-state index in [1.807, 2.05) is 23.1 Å².